The topological polar surface area (TPSA) is 50.8 Å². The van der Waals surface area contributed by atoms with E-state index in [1.807, 2.05) is 12.1 Å². The molecular formula is C20H21N3O. The number of benzene rings is 2. The highest BCUT2D eigenvalue weighted by Crippen LogP contribution is 2.34. The van der Waals surface area contributed by atoms with Gasteiger partial charge in [-0.15, -0.1) is 5.10 Å². The van der Waals surface area contributed by atoms with Crippen molar-refractivity contribution in [2.45, 2.75) is 38.0 Å². The van der Waals surface area contributed by atoms with Gasteiger partial charge in [-0.05, 0) is 47.6 Å². The fraction of sp³-hybridized carbons (Fsp3) is 0.300. The first-order valence-corrected chi connectivity index (χ1v) is 8.62. The highest BCUT2D eigenvalue weighted by Gasteiger charge is 2.15. The van der Waals surface area contributed by atoms with Crippen LogP contribution in [0, 0.1) is 0 Å². The van der Waals surface area contributed by atoms with Crippen LogP contribution in [-0.4, -0.2) is 15.4 Å². The van der Waals surface area contributed by atoms with Crippen molar-refractivity contribution in [2.75, 3.05) is 0 Å². The Balaban J connectivity index is 1.52. The summed E-state index contributed by atoms with van der Waals surface area (Å²) in [6.45, 7) is 0. The molecule has 0 aliphatic heterocycles. The van der Waals surface area contributed by atoms with Gasteiger partial charge in [-0.25, -0.2) is 0 Å². The Kier molecular flexibility index (Phi) is 4.28. The van der Waals surface area contributed by atoms with E-state index in [0.29, 0.717) is 5.88 Å². The van der Waals surface area contributed by atoms with Crippen LogP contribution in [-0.2, 0) is 0 Å². The minimum absolute atomic E-state index is 0.474. The van der Waals surface area contributed by atoms with Crippen molar-refractivity contribution in [3.63, 3.8) is 0 Å². The largest absolute Gasteiger partial charge is 0.436 e. The van der Waals surface area contributed by atoms with Crippen LogP contribution in [0.3, 0.4) is 0 Å². The first-order valence-electron chi connectivity index (χ1n) is 8.62. The normalized spacial score (nSPS) is 15.3. The molecule has 1 N–H and O–H groups in total. The molecule has 0 spiro atoms. The van der Waals surface area contributed by atoms with Gasteiger partial charge < -0.3 is 4.74 Å². The van der Waals surface area contributed by atoms with Crippen molar-refractivity contribution in [3.05, 3.63) is 60.3 Å². The van der Waals surface area contributed by atoms with Gasteiger partial charge in [0, 0.05) is 0 Å². The van der Waals surface area contributed by atoms with Crippen molar-refractivity contribution in [1.29, 1.82) is 0 Å². The van der Waals surface area contributed by atoms with Crippen LogP contribution in [0.5, 0.6) is 11.6 Å². The molecule has 0 saturated heterocycles. The minimum atomic E-state index is 0.474. The maximum atomic E-state index is 5.62. The van der Waals surface area contributed by atoms with Gasteiger partial charge in [-0.2, -0.15) is 10.3 Å². The van der Waals surface area contributed by atoms with E-state index in [0.717, 1.165) is 11.7 Å². The fourth-order valence-electron chi connectivity index (χ4n) is 3.48. The number of hydrogen-bond donors (Lipinski definition) is 1. The minimum Gasteiger partial charge on any atom is -0.436 e. The average molecular weight is 319 g/mol. The molecule has 1 saturated carbocycles. The number of ether oxygens (including phenoxy) is 1. The summed E-state index contributed by atoms with van der Waals surface area (Å²) in [5.41, 5.74) is 3.96. The van der Waals surface area contributed by atoms with Gasteiger partial charge >= 0.3 is 0 Å². The van der Waals surface area contributed by atoms with Gasteiger partial charge in [0.1, 0.15) is 11.9 Å². The van der Waals surface area contributed by atoms with Gasteiger partial charge in [0.2, 0.25) is 0 Å². The maximum Gasteiger partial charge on any atom is 0.258 e. The van der Waals surface area contributed by atoms with Crippen LogP contribution in [0.2, 0.25) is 0 Å². The van der Waals surface area contributed by atoms with Crippen molar-refractivity contribution >= 4 is 0 Å². The Morgan fingerprint density at radius 1 is 0.917 bits per heavy atom. The van der Waals surface area contributed by atoms with Crippen LogP contribution in [0.15, 0.2) is 54.7 Å². The summed E-state index contributed by atoms with van der Waals surface area (Å²) in [6.07, 6.45) is 8.33. The average Bonchev–Trinajstić information content (AvgIpc) is 3.16. The van der Waals surface area contributed by atoms with E-state index in [1.165, 1.54) is 48.8 Å². The van der Waals surface area contributed by atoms with Crippen LogP contribution in [0.4, 0.5) is 0 Å². The second-order valence-electron chi connectivity index (χ2n) is 6.40. The number of H-pyrrole nitrogens is 1. The third-order valence-corrected chi connectivity index (χ3v) is 4.77. The Hall–Kier alpha value is -2.62. The number of nitrogens with zero attached hydrogens (tertiary/aromatic N) is 2. The van der Waals surface area contributed by atoms with Crippen molar-refractivity contribution in [2.24, 2.45) is 0 Å². The van der Waals surface area contributed by atoms with E-state index < -0.39 is 0 Å². The monoisotopic (exact) mass is 319 g/mol. The molecule has 4 nitrogen and oxygen atoms in total. The highest BCUT2D eigenvalue weighted by atomic mass is 16.5. The lowest BCUT2D eigenvalue weighted by Crippen LogP contribution is -2.04. The number of rotatable bonds is 4. The lowest BCUT2D eigenvalue weighted by molar-refractivity contribution is 0.444. The first kappa shape index (κ1) is 14.9. The van der Waals surface area contributed by atoms with Crippen LogP contribution in [0.25, 0.3) is 11.1 Å². The molecule has 1 aliphatic carbocycles. The number of aromatic amines is 1. The molecule has 2 aromatic carbocycles. The Bertz CT molecular complexity index is 775. The lowest BCUT2D eigenvalue weighted by atomic mass is 9.83. The number of hydrogen-bond acceptors (Lipinski definition) is 3. The van der Waals surface area contributed by atoms with E-state index >= 15 is 0 Å². The van der Waals surface area contributed by atoms with Gasteiger partial charge in [0.15, 0.2) is 0 Å². The molecule has 0 radical (unpaired) electrons. The summed E-state index contributed by atoms with van der Waals surface area (Å²) in [5.74, 6) is 1.96. The summed E-state index contributed by atoms with van der Waals surface area (Å²) in [5, 5.41) is 10.2. The molecular weight excluding hydrogens is 298 g/mol. The summed E-state index contributed by atoms with van der Waals surface area (Å²) in [7, 11) is 0. The highest BCUT2D eigenvalue weighted by molar-refractivity contribution is 5.65. The third-order valence-electron chi connectivity index (χ3n) is 4.77. The molecule has 4 rings (SSSR count). The SMILES string of the molecule is c1cc(-c2ccc(Oc3cn[nH]n3)cc2)cc(C2CCCCC2)c1. The zero-order valence-electron chi connectivity index (χ0n) is 13.6. The quantitative estimate of drug-likeness (QED) is 0.709. The summed E-state index contributed by atoms with van der Waals surface area (Å²) < 4.78 is 5.62. The van der Waals surface area contributed by atoms with E-state index in [1.54, 1.807) is 6.20 Å². The second kappa shape index (κ2) is 6.87. The first-order chi connectivity index (χ1) is 11.9. The van der Waals surface area contributed by atoms with E-state index in [4.69, 9.17) is 4.74 Å². The van der Waals surface area contributed by atoms with Crippen LogP contribution in [0.1, 0.15) is 43.6 Å². The lowest BCUT2D eigenvalue weighted by Gasteiger charge is -2.22. The smallest absolute Gasteiger partial charge is 0.258 e. The van der Waals surface area contributed by atoms with Gasteiger partial charge in [-0.3, -0.25) is 0 Å². The van der Waals surface area contributed by atoms with Crippen molar-refractivity contribution in [3.8, 4) is 22.8 Å². The van der Waals surface area contributed by atoms with Gasteiger partial charge in [0.05, 0.1) is 0 Å². The number of aromatic nitrogens is 3. The van der Waals surface area contributed by atoms with Crippen LogP contribution >= 0.6 is 0 Å². The summed E-state index contributed by atoms with van der Waals surface area (Å²) in [4.78, 5) is 0. The van der Waals surface area contributed by atoms with E-state index in [9.17, 15) is 0 Å². The zero-order valence-corrected chi connectivity index (χ0v) is 13.6. The molecule has 24 heavy (non-hydrogen) atoms. The van der Waals surface area contributed by atoms with Crippen LogP contribution < -0.4 is 4.74 Å². The van der Waals surface area contributed by atoms with E-state index in [2.05, 4.69) is 51.8 Å². The molecule has 0 atom stereocenters. The summed E-state index contributed by atoms with van der Waals surface area (Å²) in [6, 6.07) is 17.1. The zero-order chi connectivity index (χ0) is 16.2. The molecule has 122 valence electrons. The second-order valence-corrected chi connectivity index (χ2v) is 6.40. The van der Waals surface area contributed by atoms with E-state index in [-0.39, 0.29) is 0 Å². The third kappa shape index (κ3) is 3.32. The fourth-order valence-corrected chi connectivity index (χ4v) is 3.48. The molecule has 1 aliphatic rings. The molecule has 3 aromatic rings. The standard InChI is InChI=1S/C20H21N3O/c1-2-5-15(6-3-1)17-7-4-8-18(13-17)16-9-11-19(12-10-16)24-20-14-21-23-22-20/h4,7-15H,1-3,5-6H2,(H,21,22,23). The van der Waals surface area contributed by atoms with Crippen molar-refractivity contribution in [1.82, 2.24) is 15.4 Å². The Morgan fingerprint density at radius 3 is 2.50 bits per heavy atom. The maximum absolute atomic E-state index is 5.62. The molecule has 1 fully saturated rings. The molecule has 0 amide bonds. The molecule has 0 unspecified atom stereocenters. The molecule has 1 heterocycles. The predicted octanol–water partition coefficient (Wildman–Crippen LogP) is 5.31. The van der Waals surface area contributed by atoms with Gasteiger partial charge in [0.25, 0.3) is 5.88 Å². The van der Waals surface area contributed by atoms with Gasteiger partial charge in [-0.1, -0.05) is 55.7 Å². The summed E-state index contributed by atoms with van der Waals surface area (Å²) >= 11 is 0. The number of nitrogens with one attached hydrogen (secondary N) is 1. The Morgan fingerprint density at radius 2 is 1.75 bits per heavy atom. The van der Waals surface area contributed by atoms with Crippen molar-refractivity contribution < 1.29 is 4.74 Å². The molecule has 0 bridgehead atoms. The molecule has 1 aromatic heterocycles. The predicted molar refractivity (Wildman–Crippen MR) is 94.2 cm³/mol. The molecule has 4 heteroatoms. The Labute approximate surface area is 141 Å².